The summed E-state index contributed by atoms with van der Waals surface area (Å²) >= 11 is 1.64. The molecule has 0 radical (unpaired) electrons. The number of hydrogen-bond donors (Lipinski definition) is 1. The maximum atomic E-state index is 6.00. The second-order valence-electron chi connectivity index (χ2n) is 4.53. The Balaban J connectivity index is 2.11. The maximum absolute atomic E-state index is 6.00. The van der Waals surface area contributed by atoms with Crippen LogP contribution in [0.3, 0.4) is 0 Å². The summed E-state index contributed by atoms with van der Waals surface area (Å²) < 4.78 is 5.08. The van der Waals surface area contributed by atoms with Crippen molar-refractivity contribution in [3.63, 3.8) is 0 Å². The fraction of sp³-hybridized carbons (Fsp3) is 0.400. The van der Waals surface area contributed by atoms with Gasteiger partial charge in [0.15, 0.2) is 0 Å². The van der Waals surface area contributed by atoms with Gasteiger partial charge in [-0.1, -0.05) is 31.2 Å². The number of aromatic nitrogens is 1. The average Bonchev–Trinajstić information content (AvgIpc) is 2.94. The van der Waals surface area contributed by atoms with E-state index in [1.165, 1.54) is 5.56 Å². The quantitative estimate of drug-likeness (QED) is 0.879. The van der Waals surface area contributed by atoms with E-state index in [1.807, 2.05) is 0 Å². The van der Waals surface area contributed by atoms with E-state index in [2.05, 4.69) is 41.6 Å². The molecule has 0 aliphatic rings. The van der Waals surface area contributed by atoms with Crippen molar-refractivity contribution in [2.45, 2.75) is 25.8 Å². The third kappa shape index (κ3) is 3.62. The molecule has 1 unspecified atom stereocenters. The van der Waals surface area contributed by atoms with E-state index in [0.29, 0.717) is 0 Å². The molecule has 2 aromatic rings. The number of nitrogens with zero attached hydrogens (tertiary/aromatic N) is 1. The number of nitrogens with two attached hydrogens (primary N) is 1. The van der Waals surface area contributed by atoms with Gasteiger partial charge in [-0.05, 0) is 18.4 Å². The summed E-state index contributed by atoms with van der Waals surface area (Å²) in [5, 5.41) is 3.09. The van der Waals surface area contributed by atoms with Gasteiger partial charge in [-0.2, -0.15) is 0 Å². The molecule has 0 aliphatic carbocycles. The Kier molecular flexibility index (Phi) is 5.07. The summed E-state index contributed by atoms with van der Waals surface area (Å²) in [6.45, 7) is 2.84. The number of thiazole rings is 1. The lowest BCUT2D eigenvalue weighted by Gasteiger charge is -2.03. The minimum Gasteiger partial charge on any atom is -0.384 e. The Morgan fingerprint density at radius 1 is 1.32 bits per heavy atom. The predicted octanol–water partition coefficient (Wildman–Crippen LogP) is 3.41. The lowest BCUT2D eigenvalue weighted by molar-refractivity contribution is 0.202. The second kappa shape index (κ2) is 6.80. The molecule has 0 saturated carbocycles. The van der Waals surface area contributed by atoms with Crippen LogP contribution in [-0.2, 0) is 11.2 Å². The summed E-state index contributed by atoms with van der Waals surface area (Å²) in [6.07, 6.45) is 1.86. The fourth-order valence-electron chi connectivity index (χ4n) is 1.83. The van der Waals surface area contributed by atoms with Gasteiger partial charge in [0, 0.05) is 18.1 Å². The van der Waals surface area contributed by atoms with Crippen molar-refractivity contribution in [3.05, 3.63) is 40.2 Å². The van der Waals surface area contributed by atoms with Crippen molar-refractivity contribution in [3.8, 4) is 11.3 Å². The van der Waals surface area contributed by atoms with Gasteiger partial charge in [0.2, 0.25) is 0 Å². The topological polar surface area (TPSA) is 48.1 Å². The van der Waals surface area contributed by atoms with Crippen LogP contribution in [0.5, 0.6) is 0 Å². The molecule has 1 aromatic carbocycles. The van der Waals surface area contributed by atoms with Gasteiger partial charge in [-0.15, -0.1) is 11.3 Å². The number of benzene rings is 1. The van der Waals surface area contributed by atoms with E-state index < -0.39 is 0 Å². The third-order valence-corrected chi connectivity index (χ3v) is 4.10. The van der Waals surface area contributed by atoms with Crippen LogP contribution >= 0.6 is 11.3 Å². The fourth-order valence-corrected chi connectivity index (χ4v) is 2.74. The first-order chi connectivity index (χ1) is 9.24. The molecule has 4 heteroatoms. The van der Waals surface area contributed by atoms with Crippen molar-refractivity contribution in [1.29, 1.82) is 0 Å². The molecule has 19 heavy (non-hydrogen) atoms. The lowest BCUT2D eigenvalue weighted by atomic mass is 10.1. The van der Waals surface area contributed by atoms with Gasteiger partial charge in [0.1, 0.15) is 5.01 Å². The monoisotopic (exact) mass is 276 g/mol. The molecule has 3 nitrogen and oxygen atoms in total. The molecule has 1 atom stereocenters. The predicted molar refractivity (Wildman–Crippen MR) is 80.3 cm³/mol. The van der Waals surface area contributed by atoms with Crippen molar-refractivity contribution in [2.75, 3.05) is 13.7 Å². The Morgan fingerprint density at radius 2 is 2.05 bits per heavy atom. The van der Waals surface area contributed by atoms with E-state index in [-0.39, 0.29) is 6.04 Å². The number of rotatable bonds is 6. The molecule has 2 rings (SSSR count). The Morgan fingerprint density at radius 3 is 2.68 bits per heavy atom. The van der Waals surface area contributed by atoms with E-state index >= 15 is 0 Å². The highest BCUT2D eigenvalue weighted by molar-refractivity contribution is 7.10. The van der Waals surface area contributed by atoms with Gasteiger partial charge in [-0.25, -0.2) is 4.98 Å². The number of hydrogen-bond acceptors (Lipinski definition) is 4. The molecular weight excluding hydrogens is 256 g/mol. The third-order valence-electron chi connectivity index (χ3n) is 3.12. The van der Waals surface area contributed by atoms with Crippen LogP contribution in [0, 0.1) is 0 Å². The van der Waals surface area contributed by atoms with Crippen molar-refractivity contribution in [2.24, 2.45) is 5.73 Å². The molecular formula is C15H20N2OS. The molecule has 102 valence electrons. The maximum Gasteiger partial charge on any atom is 0.110 e. The van der Waals surface area contributed by atoms with Gasteiger partial charge >= 0.3 is 0 Å². The molecule has 0 amide bonds. The second-order valence-corrected chi connectivity index (χ2v) is 5.42. The van der Waals surface area contributed by atoms with Crippen LogP contribution in [0.2, 0.25) is 0 Å². The Labute approximate surface area is 118 Å². The van der Waals surface area contributed by atoms with Crippen LogP contribution in [0.4, 0.5) is 0 Å². The molecule has 1 heterocycles. The molecule has 1 aromatic heterocycles. The summed E-state index contributed by atoms with van der Waals surface area (Å²) in [4.78, 5) is 4.61. The smallest absolute Gasteiger partial charge is 0.110 e. The zero-order chi connectivity index (χ0) is 13.7. The number of ether oxygens (including phenoxy) is 1. The summed E-state index contributed by atoms with van der Waals surface area (Å²) in [5.41, 5.74) is 9.44. The minimum atomic E-state index is 0.0553. The van der Waals surface area contributed by atoms with Crippen LogP contribution in [0.25, 0.3) is 11.3 Å². The number of methoxy groups -OCH3 is 1. The van der Waals surface area contributed by atoms with E-state index in [0.717, 1.165) is 35.7 Å². The minimum absolute atomic E-state index is 0.0553. The van der Waals surface area contributed by atoms with Gasteiger partial charge in [0.05, 0.1) is 18.3 Å². The van der Waals surface area contributed by atoms with Gasteiger partial charge in [-0.3, -0.25) is 0 Å². The molecule has 0 saturated heterocycles. The zero-order valence-electron chi connectivity index (χ0n) is 11.4. The first-order valence-corrected chi connectivity index (χ1v) is 7.41. The SMILES string of the molecule is CCC(N)c1nc(-c2ccc(CCOC)cc2)cs1. The van der Waals surface area contributed by atoms with Gasteiger partial charge in [0.25, 0.3) is 0 Å². The average molecular weight is 276 g/mol. The van der Waals surface area contributed by atoms with E-state index in [9.17, 15) is 0 Å². The molecule has 2 N–H and O–H groups in total. The molecule has 0 spiro atoms. The molecule has 0 bridgehead atoms. The normalized spacial score (nSPS) is 12.6. The largest absolute Gasteiger partial charge is 0.384 e. The standard InChI is InChI=1S/C15H20N2OS/c1-3-13(16)15-17-14(10-19-15)12-6-4-11(5-7-12)8-9-18-2/h4-7,10,13H,3,8-9,16H2,1-2H3. The van der Waals surface area contributed by atoms with Crippen molar-refractivity contribution in [1.82, 2.24) is 4.98 Å². The Bertz CT molecular complexity index is 507. The van der Waals surface area contributed by atoms with Crippen LogP contribution in [-0.4, -0.2) is 18.7 Å². The van der Waals surface area contributed by atoms with Crippen molar-refractivity contribution >= 4 is 11.3 Å². The Hall–Kier alpha value is -1.23. The van der Waals surface area contributed by atoms with Crippen LogP contribution in [0.15, 0.2) is 29.6 Å². The van der Waals surface area contributed by atoms with Crippen LogP contribution < -0.4 is 5.73 Å². The summed E-state index contributed by atoms with van der Waals surface area (Å²) in [7, 11) is 1.72. The highest BCUT2D eigenvalue weighted by Crippen LogP contribution is 2.26. The van der Waals surface area contributed by atoms with E-state index in [1.54, 1.807) is 18.4 Å². The lowest BCUT2D eigenvalue weighted by Crippen LogP contribution is -2.07. The summed E-state index contributed by atoms with van der Waals surface area (Å²) in [5.74, 6) is 0. The van der Waals surface area contributed by atoms with Crippen molar-refractivity contribution < 1.29 is 4.74 Å². The van der Waals surface area contributed by atoms with Gasteiger partial charge < -0.3 is 10.5 Å². The molecule has 0 aliphatic heterocycles. The first kappa shape index (κ1) is 14.2. The summed E-state index contributed by atoms with van der Waals surface area (Å²) in [6, 6.07) is 8.54. The highest BCUT2D eigenvalue weighted by Gasteiger charge is 2.09. The first-order valence-electron chi connectivity index (χ1n) is 6.53. The van der Waals surface area contributed by atoms with E-state index in [4.69, 9.17) is 10.5 Å². The zero-order valence-corrected chi connectivity index (χ0v) is 12.2. The van der Waals surface area contributed by atoms with Crippen LogP contribution in [0.1, 0.15) is 30.0 Å². The highest BCUT2D eigenvalue weighted by atomic mass is 32.1. The molecule has 0 fully saturated rings.